The molecule has 2 N–H and O–H groups in total. The summed E-state index contributed by atoms with van der Waals surface area (Å²) in [5, 5.41) is 4.14. The highest BCUT2D eigenvalue weighted by molar-refractivity contribution is 5.55. The Morgan fingerprint density at radius 3 is 2.93 bits per heavy atom. The van der Waals surface area contributed by atoms with Gasteiger partial charge in [0, 0.05) is 25.1 Å². The third-order valence-corrected chi connectivity index (χ3v) is 2.95. The van der Waals surface area contributed by atoms with Gasteiger partial charge in [0.05, 0.1) is 11.1 Å². The van der Waals surface area contributed by atoms with Crippen molar-refractivity contribution in [2.45, 2.75) is 18.4 Å². The van der Waals surface area contributed by atoms with Crippen LogP contribution in [0.1, 0.15) is 18.4 Å². The van der Waals surface area contributed by atoms with Crippen molar-refractivity contribution in [3.8, 4) is 0 Å². The number of pyridine rings is 1. The highest BCUT2D eigenvalue weighted by Crippen LogP contribution is 2.49. The molecular weight excluding hydrogens is 188 g/mol. The SMILES string of the molecule is [C-]#[N+]C1(c2ccc3cc(N)nn3c2)CC1. The summed E-state index contributed by atoms with van der Waals surface area (Å²) in [6.07, 6.45) is 3.83. The van der Waals surface area contributed by atoms with E-state index in [9.17, 15) is 0 Å². The Morgan fingerprint density at radius 1 is 1.47 bits per heavy atom. The number of hydrogen-bond acceptors (Lipinski definition) is 2. The van der Waals surface area contributed by atoms with Crippen LogP contribution in [0.5, 0.6) is 0 Å². The fraction of sp³-hybridized carbons (Fsp3) is 0.273. The molecule has 1 aliphatic rings. The second kappa shape index (κ2) is 2.51. The quantitative estimate of drug-likeness (QED) is 0.710. The molecule has 1 aliphatic carbocycles. The lowest BCUT2D eigenvalue weighted by molar-refractivity contribution is 0.846. The molecular formula is C11H10N4. The fourth-order valence-corrected chi connectivity index (χ4v) is 1.87. The molecule has 2 heterocycles. The first-order chi connectivity index (χ1) is 7.23. The predicted octanol–water partition coefficient (Wildman–Crippen LogP) is 1.82. The van der Waals surface area contributed by atoms with E-state index in [-0.39, 0.29) is 5.54 Å². The Morgan fingerprint density at radius 2 is 2.27 bits per heavy atom. The van der Waals surface area contributed by atoms with Crippen LogP contribution in [-0.4, -0.2) is 9.61 Å². The Hall–Kier alpha value is -2.02. The van der Waals surface area contributed by atoms with E-state index in [1.54, 1.807) is 4.52 Å². The highest BCUT2D eigenvalue weighted by atomic mass is 15.2. The topological polar surface area (TPSA) is 47.7 Å². The van der Waals surface area contributed by atoms with Crippen LogP contribution in [-0.2, 0) is 5.54 Å². The number of nitrogen functional groups attached to an aromatic ring is 1. The molecule has 3 rings (SSSR count). The third kappa shape index (κ3) is 1.10. The minimum absolute atomic E-state index is 0.269. The summed E-state index contributed by atoms with van der Waals surface area (Å²) in [7, 11) is 0. The highest BCUT2D eigenvalue weighted by Gasteiger charge is 2.52. The molecule has 0 atom stereocenters. The van der Waals surface area contributed by atoms with Gasteiger partial charge in [-0.1, -0.05) is 0 Å². The molecule has 2 aromatic rings. The molecule has 1 fully saturated rings. The summed E-state index contributed by atoms with van der Waals surface area (Å²) in [4.78, 5) is 3.69. The zero-order valence-corrected chi connectivity index (χ0v) is 8.14. The average molecular weight is 198 g/mol. The van der Waals surface area contributed by atoms with Crippen molar-refractivity contribution in [3.05, 3.63) is 41.4 Å². The van der Waals surface area contributed by atoms with Crippen molar-refractivity contribution >= 4 is 11.3 Å². The van der Waals surface area contributed by atoms with E-state index >= 15 is 0 Å². The maximum Gasteiger partial charge on any atom is 0.259 e. The van der Waals surface area contributed by atoms with Gasteiger partial charge in [0.25, 0.3) is 5.54 Å². The molecule has 0 saturated heterocycles. The minimum Gasteiger partial charge on any atom is -0.382 e. The summed E-state index contributed by atoms with van der Waals surface area (Å²) in [6.45, 7) is 7.19. The van der Waals surface area contributed by atoms with Crippen molar-refractivity contribution in [2.24, 2.45) is 0 Å². The molecule has 0 spiro atoms. The largest absolute Gasteiger partial charge is 0.382 e. The number of rotatable bonds is 1. The Bertz CT molecular complexity index is 572. The Balaban J connectivity index is 2.18. The number of fused-ring (bicyclic) bond motifs is 1. The molecule has 2 aromatic heterocycles. The van der Waals surface area contributed by atoms with Gasteiger partial charge in [-0.25, -0.2) is 11.1 Å². The first kappa shape index (κ1) is 8.30. The molecule has 74 valence electrons. The zero-order chi connectivity index (χ0) is 10.5. The van der Waals surface area contributed by atoms with Gasteiger partial charge in [-0.3, -0.25) is 0 Å². The maximum atomic E-state index is 7.19. The van der Waals surface area contributed by atoms with Crippen LogP contribution in [0, 0.1) is 6.57 Å². The fourth-order valence-electron chi connectivity index (χ4n) is 1.87. The number of aromatic nitrogens is 2. The van der Waals surface area contributed by atoms with E-state index in [0.29, 0.717) is 5.82 Å². The van der Waals surface area contributed by atoms with Crippen LogP contribution in [0.3, 0.4) is 0 Å². The van der Waals surface area contributed by atoms with Gasteiger partial charge in [-0.15, -0.1) is 0 Å². The Labute approximate surface area is 87.1 Å². The van der Waals surface area contributed by atoms with Crippen molar-refractivity contribution in [1.29, 1.82) is 0 Å². The van der Waals surface area contributed by atoms with E-state index < -0.39 is 0 Å². The van der Waals surface area contributed by atoms with E-state index in [1.165, 1.54) is 0 Å². The van der Waals surface area contributed by atoms with Crippen molar-refractivity contribution in [2.75, 3.05) is 5.73 Å². The number of anilines is 1. The van der Waals surface area contributed by atoms with Gasteiger partial charge >= 0.3 is 0 Å². The van der Waals surface area contributed by atoms with Crippen LogP contribution >= 0.6 is 0 Å². The standard InChI is InChI=1S/C11H10N4/c1-13-11(4-5-11)8-2-3-9-6-10(12)14-15(9)7-8/h2-3,6-7H,4-5H2,(H2,12,14). The number of hydrogen-bond donors (Lipinski definition) is 1. The number of nitrogens with zero attached hydrogens (tertiary/aromatic N) is 3. The van der Waals surface area contributed by atoms with Gasteiger partial charge in [-0.05, 0) is 12.1 Å². The molecule has 4 nitrogen and oxygen atoms in total. The molecule has 15 heavy (non-hydrogen) atoms. The van der Waals surface area contributed by atoms with Crippen molar-refractivity contribution in [1.82, 2.24) is 9.61 Å². The third-order valence-electron chi connectivity index (χ3n) is 2.95. The van der Waals surface area contributed by atoms with Crippen LogP contribution < -0.4 is 5.73 Å². The molecule has 1 saturated carbocycles. The summed E-state index contributed by atoms with van der Waals surface area (Å²) < 4.78 is 1.75. The summed E-state index contributed by atoms with van der Waals surface area (Å²) in [5.41, 5.74) is 7.36. The van der Waals surface area contributed by atoms with Gasteiger partial charge in [-0.2, -0.15) is 5.10 Å². The van der Waals surface area contributed by atoms with Gasteiger partial charge < -0.3 is 10.6 Å². The monoisotopic (exact) mass is 198 g/mol. The number of nitrogens with two attached hydrogens (primary N) is 1. The summed E-state index contributed by atoms with van der Waals surface area (Å²) >= 11 is 0. The van der Waals surface area contributed by atoms with E-state index in [2.05, 4.69) is 9.94 Å². The summed E-state index contributed by atoms with van der Waals surface area (Å²) in [5.74, 6) is 0.514. The normalized spacial score (nSPS) is 17.5. The second-order valence-electron chi connectivity index (χ2n) is 4.00. The maximum absolute atomic E-state index is 7.19. The van der Waals surface area contributed by atoms with E-state index in [4.69, 9.17) is 12.3 Å². The molecule has 0 amide bonds. The predicted molar refractivity (Wildman–Crippen MR) is 57.1 cm³/mol. The van der Waals surface area contributed by atoms with Crippen LogP contribution in [0.2, 0.25) is 0 Å². The molecule has 4 heteroatoms. The van der Waals surface area contributed by atoms with Crippen LogP contribution in [0.15, 0.2) is 24.4 Å². The van der Waals surface area contributed by atoms with Crippen molar-refractivity contribution < 1.29 is 0 Å². The second-order valence-corrected chi connectivity index (χ2v) is 4.00. The van der Waals surface area contributed by atoms with E-state index in [0.717, 1.165) is 23.9 Å². The average Bonchev–Trinajstić information content (AvgIpc) is 2.94. The molecule has 0 bridgehead atoms. The minimum atomic E-state index is -0.269. The van der Waals surface area contributed by atoms with Gasteiger partial charge in [0.15, 0.2) is 0 Å². The van der Waals surface area contributed by atoms with Crippen LogP contribution in [0.4, 0.5) is 5.82 Å². The first-order valence-corrected chi connectivity index (χ1v) is 4.88. The Kier molecular flexibility index (Phi) is 1.39. The van der Waals surface area contributed by atoms with Gasteiger partial charge in [0.1, 0.15) is 5.82 Å². The molecule has 0 aliphatic heterocycles. The van der Waals surface area contributed by atoms with E-state index in [1.807, 2.05) is 24.4 Å². The zero-order valence-electron chi connectivity index (χ0n) is 8.14. The van der Waals surface area contributed by atoms with Gasteiger partial charge in [0.2, 0.25) is 0 Å². The lowest BCUT2D eigenvalue weighted by atomic mass is 10.1. The molecule has 0 radical (unpaired) electrons. The smallest absolute Gasteiger partial charge is 0.259 e. The van der Waals surface area contributed by atoms with Crippen molar-refractivity contribution in [3.63, 3.8) is 0 Å². The summed E-state index contributed by atoms with van der Waals surface area (Å²) in [6, 6.07) is 5.78. The van der Waals surface area contributed by atoms with Crippen LogP contribution in [0.25, 0.3) is 10.4 Å². The lowest BCUT2D eigenvalue weighted by Gasteiger charge is -2.02. The lowest BCUT2D eigenvalue weighted by Crippen LogP contribution is -2.02. The molecule has 0 unspecified atom stereocenters. The molecule has 0 aromatic carbocycles. The first-order valence-electron chi connectivity index (χ1n) is 4.88.